The van der Waals surface area contributed by atoms with Crippen LogP contribution < -0.4 is 0 Å². The normalized spacial score (nSPS) is 11.2. The van der Waals surface area contributed by atoms with Crippen LogP contribution in [0.1, 0.15) is 40.5 Å². The van der Waals surface area contributed by atoms with Crippen molar-refractivity contribution >= 4 is 23.3 Å². The van der Waals surface area contributed by atoms with Gasteiger partial charge in [0, 0.05) is 0 Å². The number of rotatable bonds is 10. The van der Waals surface area contributed by atoms with Crippen LogP contribution in [0.5, 0.6) is 0 Å². The van der Waals surface area contributed by atoms with E-state index in [0.29, 0.717) is 25.6 Å². The van der Waals surface area contributed by atoms with Gasteiger partial charge >= 0.3 is 116 Å². The van der Waals surface area contributed by atoms with Gasteiger partial charge in [-0.2, -0.15) is 0 Å². The molecule has 104 valence electrons. The van der Waals surface area contributed by atoms with Gasteiger partial charge in [-0.1, -0.05) is 0 Å². The molecule has 0 radical (unpaired) electrons. The third-order valence-corrected chi connectivity index (χ3v) is 5.12. The maximum absolute atomic E-state index is 11.2. The Kier molecular flexibility index (Phi) is 11.4. The fraction of sp³-hybridized carbons (Fsp3) is 0.750. The van der Waals surface area contributed by atoms with E-state index < -0.39 is 23.3 Å². The quantitative estimate of drug-likeness (QED) is 0.268. The summed E-state index contributed by atoms with van der Waals surface area (Å²) in [6, 6.07) is 0. The van der Waals surface area contributed by atoms with E-state index in [1.54, 1.807) is 13.8 Å². The monoisotopic (exact) mass is 316 g/mol. The Morgan fingerprint density at radius 1 is 1.11 bits per heavy atom. The average Bonchev–Trinajstić information content (AvgIpc) is 2.32. The molecule has 6 heteroatoms. The summed E-state index contributed by atoms with van der Waals surface area (Å²) in [6.07, 6.45) is 3.16. The maximum atomic E-state index is 11.2. The molecule has 0 bridgehead atoms. The van der Waals surface area contributed by atoms with Gasteiger partial charge in [0.05, 0.1) is 0 Å². The number of esters is 1. The van der Waals surface area contributed by atoms with Gasteiger partial charge in [-0.15, -0.1) is 0 Å². The molecule has 0 aromatic carbocycles. The topological polar surface area (TPSA) is 54.0 Å². The third kappa shape index (κ3) is 9.58. The van der Waals surface area contributed by atoms with Gasteiger partial charge in [0.15, 0.2) is 0 Å². The first kappa shape index (κ1) is 17.6. The zero-order valence-electron chi connectivity index (χ0n) is 11.7. The summed E-state index contributed by atoms with van der Waals surface area (Å²) < 4.78 is 21.5. The van der Waals surface area contributed by atoms with Crippen molar-refractivity contribution in [3.05, 3.63) is 11.8 Å². The van der Waals surface area contributed by atoms with E-state index >= 15 is 0 Å². The zero-order valence-corrected chi connectivity index (χ0v) is 14.2. The van der Waals surface area contributed by atoms with Crippen LogP contribution in [0, 0.1) is 0 Å². The molecular weight excluding hydrogens is 294 g/mol. The molecule has 0 heterocycles. The van der Waals surface area contributed by atoms with Crippen LogP contribution in [0.2, 0.25) is 0 Å². The van der Waals surface area contributed by atoms with E-state index in [4.69, 9.17) is 15.3 Å². The van der Waals surface area contributed by atoms with Crippen LogP contribution in [0.15, 0.2) is 11.8 Å². The van der Waals surface area contributed by atoms with Gasteiger partial charge in [-0.05, 0) is 0 Å². The molecule has 18 heavy (non-hydrogen) atoms. The van der Waals surface area contributed by atoms with Crippen LogP contribution >= 0.6 is 0 Å². The summed E-state index contributed by atoms with van der Waals surface area (Å²) in [7, 11) is 0. The minimum absolute atomic E-state index is 0.353. The molecule has 0 aromatic rings. The summed E-state index contributed by atoms with van der Waals surface area (Å²) in [5.74, 6) is 0.0905. The van der Waals surface area contributed by atoms with Gasteiger partial charge in [-0.25, -0.2) is 0 Å². The second-order valence-corrected chi connectivity index (χ2v) is 6.76. The van der Waals surface area contributed by atoms with Gasteiger partial charge in [0.25, 0.3) is 0 Å². The van der Waals surface area contributed by atoms with E-state index in [-0.39, 0.29) is 0 Å². The van der Waals surface area contributed by atoms with Gasteiger partial charge in [-0.3, -0.25) is 0 Å². The summed E-state index contributed by atoms with van der Waals surface area (Å²) in [6.45, 7) is 9.13. The molecule has 0 atom stereocenters. The number of ether oxygens (including phenoxy) is 1. The van der Waals surface area contributed by atoms with E-state index in [1.165, 1.54) is 6.08 Å². The first-order valence-electron chi connectivity index (χ1n) is 6.38. The fourth-order valence-electron chi connectivity index (χ4n) is 1.08. The van der Waals surface area contributed by atoms with Crippen molar-refractivity contribution in [2.24, 2.45) is 0 Å². The number of carbonyl (C=O) groups is 1. The number of hydrogen-bond donors (Lipinski definition) is 0. The molecule has 0 aromatic heterocycles. The van der Waals surface area contributed by atoms with Crippen LogP contribution in [0.3, 0.4) is 0 Å². The van der Waals surface area contributed by atoms with Crippen molar-refractivity contribution in [3.8, 4) is 0 Å². The summed E-state index contributed by atoms with van der Waals surface area (Å²) in [4.78, 5) is 11.2. The Hall–Kier alpha value is -0.434. The van der Waals surface area contributed by atoms with E-state index in [9.17, 15) is 4.79 Å². The predicted octanol–water partition coefficient (Wildman–Crippen LogP) is 2.31. The van der Waals surface area contributed by atoms with Crippen molar-refractivity contribution in [1.82, 2.24) is 0 Å². The minimum atomic E-state index is -2.68. The van der Waals surface area contributed by atoms with Crippen molar-refractivity contribution in [1.29, 1.82) is 0 Å². The molecule has 0 spiro atoms. The Balaban J connectivity index is 4.22. The number of carbonyl (C=O) groups excluding carboxylic acids is 1. The molecule has 0 aliphatic carbocycles. The van der Waals surface area contributed by atoms with Crippen LogP contribution in [0.25, 0.3) is 0 Å². The van der Waals surface area contributed by atoms with Crippen molar-refractivity contribution in [2.45, 2.75) is 40.5 Å². The average molecular weight is 317 g/mol. The van der Waals surface area contributed by atoms with Crippen LogP contribution in [-0.2, 0) is 20.1 Å². The fourth-order valence-corrected chi connectivity index (χ4v) is 4.14. The second kappa shape index (κ2) is 11.6. The van der Waals surface area contributed by atoms with Gasteiger partial charge < -0.3 is 0 Å². The molecule has 0 fully saturated rings. The molecule has 0 saturated heterocycles. The van der Waals surface area contributed by atoms with Crippen molar-refractivity contribution in [2.75, 3.05) is 19.8 Å². The van der Waals surface area contributed by atoms with Gasteiger partial charge in [0.1, 0.15) is 0 Å². The number of hydrogen-bond acceptors (Lipinski definition) is 5. The molecular formula is C12H23GaO5. The summed E-state index contributed by atoms with van der Waals surface area (Å²) in [5.41, 5.74) is 0. The molecule has 0 unspecified atom stereocenters. The Morgan fingerprint density at radius 2 is 1.67 bits per heavy atom. The molecule has 0 N–H and O–H groups in total. The molecule has 0 amide bonds. The second-order valence-electron chi connectivity index (χ2n) is 3.66. The SMILES string of the molecule is CCC[O][Ga]([O]CCC)[O]/C(C)=C\C(=O)OCC. The van der Waals surface area contributed by atoms with Crippen molar-refractivity contribution < 1.29 is 20.1 Å². The summed E-state index contributed by atoms with van der Waals surface area (Å²) >= 11 is -2.68. The Bertz CT molecular complexity index is 247. The van der Waals surface area contributed by atoms with Crippen LogP contribution in [-0.4, -0.2) is 43.1 Å². The molecule has 0 aliphatic rings. The molecule has 5 nitrogen and oxygen atoms in total. The molecule has 0 saturated carbocycles. The first-order valence-corrected chi connectivity index (χ1v) is 9.35. The Morgan fingerprint density at radius 3 is 2.11 bits per heavy atom. The van der Waals surface area contributed by atoms with Crippen molar-refractivity contribution in [3.63, 3.8) is 0 Å². The van der Waals surface area contributed by atoms with E-state index in [0.717, 1.165) is 12.8 Å². The summed E-state index contributed by atoms with van der Waals surface area (Å²) in [5, 5.41) is 0. The third-order valence-electron chi connectivity index (χ3n) is 1.81. The zero-order chi connectivity index (χ0) is 13.8. The number of allylic oxidation sites excluding steroid dienone is 1. The molecule has 0 rings (SSSR count). The Labute approximate surface area is 116 Å². The van der Waals surface area contributed by atoms with Gasteiger partial charge in [0.2, 0.25) is 0 Å². The van der Waals surface area contributed by atoms with Crippen LogP contribution in [0.4, 0.5) is 0 Å². The first-order chi connectivity index (χ1) is 8.63. The van der Waals surface area contributed by atoms with E-state index in [1.807, 2.05) is 13.8 Å². The molecule has 0 aliphatic heterocycles. The standard InChI is InChI=1S/C6H10O3.2C3H7O.Ga/c1-3-9-6(8)4-5(2)7;2*1-2-3-4;/h4,7H,3H2,1-2H3;2*2-3H2,1H3;/q;2*-1;+3/p-1/b5-4-;;;. The predicted molar refractivity (Wildman–Crippen MR) is 69.7 cm³/mol. The van der Waals surface area contributed by atoms with E-state index in [2.05, 4.69) is 0 Å².